The van der Waals surface area contributed by atoms with E-state index in [1.807, 2.05) is 0 Å². The summed E-state index contributed by atoms with van der Waals surface area (Å²) in [7, 11) is 0. The lowest BCUT2D eigenvalue weighted by Gasteiger charge is -2.22. The third-order valence-corrected chi connectivity index (χ3v) is 3.55. The molecule has 0 spiro atoms. The first-order chi connectivity index (χ1) is 8.74. The van der Waals surface area contributed by atoms with Crippen LogP contribution in [-0.4, -0.2) is 15.9 Å². The minimum absolute atomic E-state index is 0.0564. The summed E-state index contributed by atoms with van der Waals surface area (Å²) in [4.78, 5) is 16.5. The van der Waals surface area contributed by atoms with E-state index >= 15 is 0 Å². The lowest BCUT2D eigenvalue weighted by atomic mass is 10.0. The quantitative estimate of drug-likeness (QED) is 0.858. The number of hydrogen-bond donors (Lipinski definition) is 1. The predicted octanol–water partition coefficient (Wildman–Crippen LogP) is 2.16. The molecule has 0 amide bonds. The fourth-order valence-electron chi connectivity index (χ4n) is 2.38. The van der Waals surface area contributed by atoms with Gasteiger partial charge in [0.1, 0.15) is 5.65 Å². The van der Waals surface area contributed by atoms with Crippen LogP contribution in [0.4, 0.5) is 0 Å². The molecule has 5 heteroatoms. The van der Waals surface area contributed by atoms with E-state index in [9.17, 15) is 4.79 Å². The zero-order chi connectivity index (χ0) is 12.5. The zero-order valence-corrected chi connectivity index (χ0v) is 10.7. The Labute approximate surface area is 110 Å². The molecule has 3 heterocycles. The summed E-state index contributed by atoms with van der Waals surface area (Å²) in [6.45, 7) is 0.987. The SMILES string of the molecule is O=c1cc(C2CCCCN2)nc2cc(Cl)ccn12. The molecule has 0 aliphatic carbocycles. The van der Waals surface area contributed by atoms with E-state index < -0.39 is 0 Å². The van der Waals surface area contributed by atoms with Crippen LogP contribution in [0.2, 0.25) is 5.02 Å². The van der Waals surface area contributed by atoms with Crippen LogP contribution in [-0.2, 0) is 0 Å². The highest BCUT2D eigenvalue weighted by Gasteiger charge is 2.17. The number of halogens is 1. The highest BCUT2D eigenvalue weighted by Crippen LogP contribution is 2.21. The average Bonchev–Trinajstić information content (AvgIpc) is 2.39. The fourth-order valence-corrected chi connectivity index (χ4v) is 2.53. The second-order valence-corrected chi connectivity index (χ2v) is 5.03. The lowest BCUT2D eigenvalue weighted by molar-refractivity contribution is 0.405. The van der Waals surface area contributed by atoms with Crippen molar-refractivity contribution >= 4 is 17.2 Å². The van der Waals surface area contributed by atoms with Crippen LogP contribution < -0.4 is 10.9 Å². The Balaban J connectivity index is 2.10. The molecule has 2 aromatic heterocycles. The molecule has 0 bridgehead atoms. The number of hydrogen-bond acceptors (Lipinski definition) is 3. The second-order valence-electron chi connectivity index (χ2n) is 4.59. The summed E-state index contributed by atoms with van der Waals surface area (Å²) >= 11 is 5.94. The van der Waals surface area contributed by atoms with Gasteiger partial charge >= 0.3 is 0 Å². The van der Waals surface area contributed by atoms with Crippen LogP contribution in [0.15, 0.2) is 29.2 Å². The number of pyridine rings is 1. The molecular formula is C13H14ClN3O. The summed E-state index contributed by atoms with van der Waals surface area (Å²) < 4.78 is 1.51. The highest BCUT2D eigenvalue weighted by molar-refractivity contribution is 6.30. The molecule has 94 valence electrons. The van der Waals surface area contributed by atoms with Crippen molar-refractivity contribution in [3.8, 4) is 0 Å². The van der Waals surface area contributed by atoms with E-state index in [1.165, 1.54) is 17.2 Å². The van der Waals surface area contributed by atoms with Crippen LogP contribution in [0, 0.1) is 0 Å². The van der Waals surface area contributed by atoms with Crippen molar-refractivity contribution in [2.45, 2.75) is 25.3 Å². The molecule has 1 unspecified atom stereocenters. The van der Waals surface area contributed by atoms with Crippen molar-refractivity contribution in [1.29, 1.82) is 0 Å². The minimum atomic E-state index is -0.0564. The molecular weight excluding hydrogens is 250 g/mol. The fraction of sp³-hybridized carbons (Fsp3) is 0.385. The van der Waals surface area contributed by atoms with Crippen molar-refractivity contribution in [2.24, 2.45) is 0 Å². The molecule has 1 fully saturated rings. The maximum Gasteiger partial charge on any atom is 0.258 e. The smallest absolute Gasteiger partial charge is 0.258 e. The number of nitrogens with zero attached hydrogens (tertiary/aromatic N) is 2. The summed E-state index contributed by atoms with van der Waals surface area (Å²) in [5, 5.41) is 3.99. The van der Waals surface area contributed by atoms with Gasteiger partial charge in [-0.15, -0.1) is 0 Å². The first-order valence-electron chi connectivity index (χ1n) is 6.16. The third kappa shape index (κ3) is 2.13. The van der Waals surface area contributed by atoms with Gasteiger partial charge in [-0.2, -0.15) is 0 Å². The van der Waals surface area contributed by atoms with E-state index in [0.29, 0.717) is 10.7 Å². The number of fused-ring (bicyclic) bond motifs is 1. The molecule has 1 aliphatic rings. The van der Waals surface area contributed by atoms with Gasteiger partial charge < -0.3 is 5.32 Å². The van der Waals surface area contributed by atoms with E-state index in [4.69, 9.17) is 11.6 Å². The molecule has 1 saturated heterocycles. The Morgan fingerprint density at radius 1 is 1.39 bits per heavy atom. The summed E-state index contributed by atoms with van der Waals surface area (Å²) in [6, 6.07) is 5.21. The van der Waals surface area contributed by atoms with Crippen LogP contribution >= 0.6 is 11.6 Å². The van der Waals surface area contributed by atoms with E-state index in [2.05, 4.69) is 10.3 Å². The van der Waals surface area contributed by atoms with E-state index in [-0.39, 0.29) is 11.6 Å². The van der Waals surface area contributed by atoms with Crippen LogP contribution in [0.25, 0.3) is 5.65 Å². The van der Waals surface area contributed by atoms with Crippen LogP contribution in [0.3, 0.4) is 0 Å². The number of aromatic nitrogens is 2. The third-order valence-electron chi connectivity index (χ3n) is 3.32. The minimum Gasteiger partial charge on any atom is -0.309 e. The van der Waals surface area contributed by atoms with Crippen molar-refractivity contribution in [3.05, 3.63) is 45.5 Å². The molecule has 18 heavy (non-hydrogen) atoms. The molecule has 2 aromatic rings. The number of piperidine rings is 1. The van der Waals surface area contributed by atoms with Crippen molar-refractivity contribution in [1.82, 2.24) is 14.7 Å². The van der Waals surface area contributed by atoms with Gasteiger partial charge in [0.05, 0.1) is 5.69 Å². The van der Waals surface area contributed by atoms with E-state index in [1.54, 1.807) is 24.4 Å². The molecule has 1 atom stereocenters. The maximum absolute atomic E-state index is 12.0. The molecule has 4 nitrogen and oxygen atoms in total. The lowest BCUT2D eigenvalue weighted by Crippen LogP contribution is -2.29. The molecule has 1 aliphatic heterocycles. The van der Waals surface area contributed by atoms with Gasteiger partial charge in [-0.3, -0.25) is 9.20 Å². The van der Waals surface area contributed by atoms with Crippen molar-refractivity contribution in [3.63, 3.8) is 0 Å². The van der Waals surface area contributed by atoms with Gasteiger partial charge in [0.15, 0.2) is 0 Å². The Bertz CT molecular complexity index is 632. The van der Waals surface area contributed by atoms with Crippen LogP contribution in [0.5, 0.6) is 0 Å². The zero-order valence-electron chi connectivity index (χ0n) is 9.90. The van der Waals surface area contributed by atoms with Crippen molar-refractivity contribution < 1.29 is 0 Å². The largest absolute Gasteiger partial charge is 0.309 e. The van der Waals surface area contributed by atoms with Crippen LogP contribution in [0.1, 0.15) is 31.0 Å². The summed E-state index contributed by atoms with van der Waals surface area (Å²) in [5.41, 5.74) is 1.37. The Kier molecular flexibility index (Phi) is 3.06. The van der Waals surface area contributed by atoms with Gasteiger partial charge in [0.25, 0.3) is 5.56 Å². The van der Waals surface area contributed by atoms with Gasteiger partial charge in [0, 0.05) is 29.4 Å². The second kappa shape index (κ2) is 4.71. The Morgan fingerprint density at radius 3 is 3.06 bits per heavy atom. The monoisotopic (exact) mass is 263 g/mol. The Morgan fingerprint density at radius 2 is 2.28 bits per heavy atom. The Hall–Kier alpha value is -1.39. The number of nitrogens with one attached hydrogen (secondary N) is 1. The average molecular weight is 264 g/mol. The topological polar surface area (TPSA) is 46.4 Å². The molecule has 1 N–H and O–H groups in total. The predicted molar refractivity (Wildman–Crippen MR) is 71.1 cm³/mol. The molecule has 3 rings (SSSR count). The van der Waals surface area contributed by atoms with Gasteiger partial charge in [-0.05, 0) is 25.5 Å². The standard InChI is InChI=1S/C13H14ClN3O/c14-9-4-6-17-12(7-9)16-11(8-13(17)18)10-3-1-2-5-15-10/h4,6-8,10,15H,1-3,5H2. The summed E-state index contributed by atoms with van der Waals surface area (Å²) in [5.74, 6) is 0. The first kappa shape index (κ1) is 11.7. The highest BCUT2D eigenvalue weighted by atomic mass is 35.5. The van der Waals surface area contributed by atoms with E-state index in [0.717, 1.165) is 18.7 Å². The maximum atomic E-state index is 12.0. The van der Waals surface area contributed by atoms with Gasteiger partial charge in [-0.1, -0.05) is 18.0 Å². The summed E-state index contributed by atoms with van der Waals surface area (Å²) in [6.07, 6.45) is 5.05. The van der Waals surface area contributed by atoms with Gasteiger partial charge in [0.2, 0.25) is 0 Å². The first-order valence-corrected chi connectivity index (χ1v) is 6.54. The normalized spacial score (nSPS) is 20.2. The number of rotatable bonds is 1. The molecule has 0 saturated carbocycles. The van der Waals surface area contributed by atoms with Gasteiger partial charge in [-0.25, -0.2) is 4.98 Å². The molecule has 0 radical (unpaired) electrons. The van der Waals surface area contributed by atoms with Crippen molar-refractivity contribution in [2.75, 3.05) is 6.54 Å². The molecule has 0 aromatic carbocycles.